The zero-order valence-electron chi connectivity index (χ0n) is 10.2. The Kier molecular flexibility index (Phi) is 4.73. The highest BCUT2D eigenvalue weighted by molar-refractivity contribution is 5.85. The van der Waals surface area contributed by atoms with Crippen LogP contribution in [0.5, 0.6) is 0 Å². The molecule has 0 aromatic carbocycles. The van der Waals surface area contributed by atoms with Crippen molar-refractivity contribution in [2.45, 2.75) is 25.8 Å². The third kappa shape index (κ3) is 3.48. The summed E-state index contributed by atoms with van der Waals surface area (Å²) in [5, 5.41) is 3.18. The number of likely N-dealkylation sites (N-methyl/N-ethyl adjacent to an activating group) is 1. The Hall–Kier alpha value is -1.10. The number of amides is 1. The minimum absolute atomic E-state index is 0.0158. The summed E-state index contributed by atoms with van der Waals surface area (Å²) < 4.78 is 4.53. The van der Waals surface area contributed by atoms with Crippen LogP contribution in [0.3, 0.4) is 0 Å². The molecule has 5 nitrogen and oxygen atoms in total. The molecule has 0 saturated carbocycles. The number of nitrogens with one attached hydrogen (secondary N) is 1. The first-order valence-electron chi connectivity index (χ1n) is 5.59. The number of carbonyl (C=O) groups excluding carboxylic acids is 2. The fourth-order valence-corrected chi connectivity index (χ4v) is 1.90. The van der Waals surface area contributed by atoms with E-state index in [9.17, 15) is 9.59 Å². The summed E-state index contributed by atoms with van der Waals surface area (Å²) in [5.74, 6) is 0.137. The van der Waals surface area contributed by atoms with Crippen LogP contribution in [0.25, 0.3) is 0 Å². The largest absolute Gasteiger partial charge is 0.468 e. The molecule has 2 unspecified atom stereocenters. The van der Waals surface area contributed by atoms with Gasteiger partial charge in [0.2, 0.25) is 5.91 Å². The molecular formula is C11H20N2O3. The predicted octanol–water partition coefficient (Wildman–Crippen LogP) is 0.00590. The van der Waals surface area contributed by atoms with Gasteiger partial charge in [0.15, 0.2) is 0 Å². The van der Waals surface area contributed by atoms with Crippen molar-refractivity contribution in [1.82, 2.24) is 10.2 Å². The normalized spacial score (nSPS) is 24.9. The number of carbonyl (C=O) groups is 2. The van der Waals surface area contributed by atoms with Gasteiger partial charge in [0.1, 0.15) is 6.54 Å². The second kappa shape index (κ2) is 5.84. The Morgan fingerprint density at radius 3 is 2.75 bits per heavy atom. The van der Waals surface area contributed by atoms with Crippen LogP contribution in [-0.2, 0) is 14.3 Å². The average Bonchev–Trinajstić information content (AvgIpc) is 2.27. The number of esters is 1. The predicted molar refractivity (Wildman–Crippen MR) is 59.8 cm³/mol. The van der Waals surface area contributed by atoms with E-state index >= 15 is 0 Å². The van der Waals surface area contributed by atoms with Gasteiger partial charge >= 0.3 is 5.97 Å². The third-order valence-corrected chi connectivity index (χ3v) is 2.93. The van der Waals surface area contributed by atoms with Crippen molar-refractivity contribution in [3.63, 3.8) is 0 Å². The number of methoxy groups -OCH3 is 1. The van der Waals surface area contributed by atoms with Crippen molar-refractivity contribution >= 4 is 11.9 Å². The first-order valence-corrected chi connectivity index (χ1v) is 5.59. The van der Waals surface area contributed by atoms with Crippen molar-refractivity contribution in [2.24, 2.45) is 5.92 Å². The Balaban J connectivity index is 2.46. The highest BCUT2D eigenvalue weighted by Gasteiger charge is 2.27. The third-order valence-electron chi connectivity index (χ3n) is 2.93. The summed E-state index contributed by atoms with van der Waals surface area (Å²) in [6, 6.07) is -0.154. The van der Waals surface area contributed by atoms with E-state index in [1.54, 1.807) is 7.05 Å². The molecule has 0 aliphatic carbocycles. The van der Waals surface area contributed by atoms with Crippen LogP contribution in [0, 0.1) is 5.92 Å². The molecule has 0 radical (unpaired) electrons. The lowest BCUT2D eigenvalue weighted by atomic mass is 9.93. The molecule has 1 N–H and O–H groups in total. The summed E-state index contributed by atoms with van der Waals surface area (Å²) in [6.45, 7) is 3.02. The quantitative estimate of drug-likeness (QED) is 0.691. The van der Waals surface area contributed by atoms with Gasteiger partial charge < -0.3 is 15.0 Å². The van der Waals surface area contributed by atoms with Crippen LogP contribution in [0.4, 0.5) is 0 Å². The first kappa shape index (κ1) is 13.0. The van der Waals surface area contributed by atoms with Crippen molar-refractivity contribution in [3.05, 3.63) is 0 Å². The van der Waals surface area contributed by atoms with Crippen LogP contribution in [-0.4, -0.2) is 50.1 Å². The highest BCUT2D eigenvalue weighted by atomic mass is 16.5. The molecule has 0 aromatic rings. The van der Waals surface area contributed by atoms with Gasteiger partial charge in [-0.25, -0.2) is 0 Å². The van der Waals surface area contributed by atoms with Gasteiger partial charge in [-0.2, -0.15) is 0 Å². The molecule has 1 rings (SSSR count). The van der Waals surface area contributed by atoms with E-state index in [4.69, 9.17) is 0 Å². The topological polar surface area (TPSA) is 58.6 Å². The fraction of sp³-hybridized carbons (Fsp3) is 0.818. The van der Waals surface area contributed by atoms with Crippen LogP contribution in [0.2, 0.25) is 0 Å². The van der Waals surface area contributed by atoms with E-state index in [1.807, 2.05) is 0 Å². The van der Waals surface area contributed by atoms with E-state index in [-0.39, 0.29) is 24.5 Å². The second-order valence-corrected chi connectivity index (χ2v) is 4.41. The highest BCUT2D eigenvalue weighted by Crippen LogP contribution is 2.16. The number of rotatable bonds is 3. The minimum atomic E-state index is -0.389. The molecule has 0 bridgehead atoms. The summed E-state index contributed by atoms with van der Waals surface area (Å²) in [4.78, 5) is 24.4. The lowest BCUT2D eigenvalue weighted by Crippen LogP contribution is -2.50. The van der Waals surface area contributed by atoms with Crippen LogP contribution in [0.15, 0.2) is 0 Å². The van der Waals surface area contributed by atoms with Crippen LogP contribution in [0.1, 0.15) is 19.8 Å². The van der Waals surface area contributed by atoms with Gasteiger partial charge in [-0.15, -0.1) is 0 Å². The fourth-order valence-electron chi connectivity index (χ4n) is 1.90. The van der Waals surface area contributed by atoms with Crippen molar-refractivity contribution in [2.75, 3.05) is 27.2 Å². The maximum Gasteiger partial charge on any atom is 0.325 e. The molecule has 92 valence electrons. The summed E-state index contributed by atoms with van der Waals surface area (Å²) in [6.07, 6.45) is 1.94. The molecule has 1 amide bonds. The molecular weight excluding hydrogens is 208 g/mol. The molecule has 1 fully saturated rings. The average molecular weight is 228 g/mol. The monoisotopic (exact) mass is 228 g/mol. The minimum Gasteiger partial charge on any atom is -0.468 e. The molecule has 2 atom stereocenters. The van der Waals surface area contributed by atoms with E-state index in [0.717, 1.165) is 19.4 Å². The lowest BCUT2D eigenvalue weighted by Gasteiger charge is -2.30. The number of hydrogen-bond donors (Lipinski definition) is 1. The van der Waals surface area contributed by atoms with E-state index in [0.29, 0.717) is 5.92 Å². The van der Waals surface area contributed by atoms with Gasteiger partial charge in [-0.1, -0.05) is 6.92 Å². The molecule has 1 aliphatic rings. The van der Waals surface area contributed by atoms with Gasteiger partial charge in [0, 0.05) is 7.05 Å². The van der Waals surface area contributed by atoms with E-state index in [1.165, 1.54) is 12.0 Å². The number of piperidine rings is 1. The standard InChI is InChI=1S/C11H20N2O3/c1-8-4-5-12-9(6-8)11(15)13(2)7-10(14)16-3/h8-9,12H,4-7H2,1-3H3. The number of nitrogens with zero attached hydrogens (tertiary/aromatic N) is 1. The maximum absolute atomic E-state index is 12.0. The smallest absolute Gasteiger partial charge is 0.325 e. The van der Waals surface area contributed by atoms with Gasteiger partial charge in [-0.3, -0.25) is 9.59 Å². The maximum atomic E-state index is 12.0. The first-order chi connectivity index (χ1) is 7.54. The Morgan fingerprint density at radius 1 is 1.50 bits per heavy atom. The lowest BCUT2D eigenvalue weighted by molar-refractivity contribution is -0.147. The number of ether oxygens (including phenoxy) is 1. The molecule has 16 heavy (non-hydrogen) atoms. The molecule has 5 heteroatoms. The Morgan fingerprint density at radius 2 is 2.19 bits per heavy atom. The summed E-state index contributed by atoms with van der Waals surface area (Å²) in [5.41, 5.74) is 0. The van der Waals surface area contributed by atoms with Crippen molar-refractivity contribution in [3.8, 4) is 0 Å². The molecule has 0 aromatic heterocycles. The van der Waals surface area contributed by atoms with Crippen LogP contribution < -0.4 is 5.32 Å². The molecule has 1 heterocycles. The van der Waals surface area contributed by atoms with Crippen molar-refractivity contribution < 1.29 is 14.3 Å². The Labute approximate surface area is 96.1 Å². The molecule has 0 spiro atoms. The second-order valence-electron chi connectivity index (χ2n) is 4.41. The van der Waals surface area contributed by atoms with E-state index in [2.05, 4.69) is 17.0 Å². The number of hydrogen-bond acceptors (Lipinski definition) is 4. The molecule has 1 saturated heterocycles. The SMILES string of the molecule is COC(=O)CN(C)C(=O)C1CC(C)CCN1. The van der Waals surface area contributed by atoms with Gasteiger partial charge in [-0.05, 0) is 25.3 Å². The molecule has 1 aliphatic heterocycles. The Bertz CT molecular complexity index is 268. The zero-order valence-corrected chi connectivity index (χ0v) is 10.2. The summed E-state index contributed by atoms with van der Waals surface area (Å²) in [7, 11) is 2.95. The zero-order chi connectivity index (χ0) is 12.1. The summed E-state index contributed by atoms with van der Waals surface area (Å²) >= 11 is 0. The van der Waals surface area contributed by atoms with Gasteiger partial charge in [0.25, 0.3) is 0 Å². The van der Waals surface area contributed by atoms with Crippen LogP contribution >= 0.6 is 0 Å². The van der Waals surface area contributed by atoms with Gasteiger partial charge in [0.05, 0.1) is 13.2 Å². The van der Waals surface area contributed by atoms with Crippen molar-refractivity contribution in [1.29, 1.82) is 0 Å². The van der Waals surface area contributed by atoms with E-state index < -0.39 is 0 Å².